The third kappa shape index (κ3) is 3.56. The number of rotatable bonds is 6. The lowest BCUT2D eigenvalue weighted by Crippen LogP contribution is -2.29. The van der Waals surface area contributed by atoms with Crippen molar-refractivity contribution >= 4 is 11.6 Å². The molecule has 176 valence electrons. The molecule has 2 N–H and O–H groups in total. The van der Waals surface area contributed by atoms with Gasteiger partial charge in [0.05, 0.1) is 33.4 Å². The molecule has 8 heteroatoms. The van der Waals surface area contributed by atoms with Crippen molar-refractivity contribution in [3.63, 3.8) is 0 Å². The molecule has 34 heavy (non-hydrogen) atoms. The number of amides is 1. The van der Waals surface area contributed by atoms with E-state index in [1.54, 1.807) is 30.3 Å². The van der Waals surface area contributed by atoms with Gasteiger partial charge in [-0.2, -0.15) is 0 Å². The summed E-state index contributed by atoms with van der Waals surface area (Å²) in [7, 11) is 4.61. The second kappa shape index (κ2) is 8.79. The minimum absolute atomic E-state index is 0.112. The van der Waals surface area contributed by atoms with Crippen molar-refractivity contribution in [1.82, 2.24) is 0 Å². The Balaban J connectivity index is 1.65. The second-order valence-corrected chi connectivity index (χ2v) is 8.10. The summed E-state index contributed by atoms with van der Waals surface area (Å²) in [6.45, 7) is 0.112. The number of aliphatic hydroxyl groups excluding tert-OH is 1. The maximum atomic E-state index is 13.5. The predicted molar refractivity (Wildman–Crippen MR) is 124 cm³/mol. The fourth-order valence-corrected chi connectivity index (χ4v) is 4.78. The quantitative estimate of drug-likeness (QED) is 0.573. The molecule has 3 aromatic carbocycles. The molecule has 0 saturated carbocycles. The van der Waals surface area contributed by atoms with Gasteiger partial charge in [-0.25, -0.2) is 0 Å². The lowest BCUT2D eigenvalue weighted by atomic mass is 9.84. The van der Waals surface area contributed by atoms with Gasteiger partial charge >= 0.3 is 0 Å². The topological polar surface area (TPSA) is 95.5 Å². The van der Waals surface area contributed by atoms with E-state index < -0.39 is 17.9 Å². The fraction of sp³-hybridized carbons (Fsp3) is 0.269. The molecule has 0 aromatic heterocycles. The van der Waals surface area contributed by atoms with Gasteiger partial charge in [-0.3, -0.25) is 4.79 Å². The molecule has 0 spiro atoms. The number of hydrogen-bond acceptors (Lipinski definition) is 7. The van der Waals surface area contributed by atoms with Gasteiger partial charge in [0.1, 0.15) is 0 Å². The Labute approximate surface area is 197 Å². The maximum Gasteiger partial charge on any atom is 0.231 e. The summed E-state index contributed by atoms with van der Waals surface area (Å²) in [6.07, 6.45) is -1.06. The number of ether oxygens (including phenoxy) is 5. The molecule has 3 aromatic rings. The summed E-state index contributed by atoms with van der Waals surface area (Å²) < 4.78 is 27.7. The molecule has 1 aliphatic carbocycles. The minimum Gasteiger partial charge on any atom is -0.493 e. The summed E-state index contributed by atoms with van der Waals surface area (Å²) in [6, 6.07) is 16.4. The Morgan fingerprint density at radius 2 is 1.53 bits per heavy atom. The number of para-hydroxylation sites is 1. The number of aliphatic hydroxyl groups is 1. The van der Waals surface area contributed by atoms with Crippen molar-refractivity contribution in [1.29, 1.82) is 0 Å². The van der Waals surface area contributed by atoms with E-state index in [1.165, 1.54) is 21.3 Å². The van der Waals surface area contributed by atoms with E-state index >= 15 is 0 Å². The molecule has 0 saturated heterocycles. The summed E-state index contributed by atoms with van der Waals surface area (Å²) in [5, 5.41) is 14.3. The Morgan fingerprint density at radius 1 is 0.912 bits per heavy atom. The molecule has 5 rings (SSSR count). The zero-order valence-electron chi connectivity index (χ0n) is 19.0. The van der Waals surface area contributed by atoms with Gasteiger partial charge in [-0.15, -0.1) is 0 Å². The molecular weight excluding hydrogens is 438 g/mol. The highest BCUT2D eigenvalue weighted by molar-refractivity contribution is 5.95. The average molecular weight is 463 g/mol. The van der Waals surface area contributed by atoms with Crippen molar-refractivity contribution in [2.75, 3.05) is 33.4 Å². The van der Waals surface area contributed by atoms with Crippen LogP contribution in [0.1, 0.15) is 28.7 Å². The first-order valence-electron chi connectivity index (χ1n) is 10.8. The van der Waals surface area contributed by atoms with Crippen molar-refractivity contribution < 1.29 is 33.6 Å². The minimum atomic E-state index is -1.06. The highest BCUT2D eigenvalue weighted by Crippen LogP contribution is 2.54. The Bertz CT molecular complexity index is 1200. The van der Waals surface area contributed by atoms with Crippen LogP contribution < -0.4 is 29.0 Å². The van der Waals surface area contributed by atoms with Crippen LogP contribution >= 0.6 is 0 Å². The third-order valence-electron chi connectivity index (χ3n) is 6.32. The summed E-state index contributed by atoms with van der Waals surface area (Å²) in [4.78, 5) is 13.5. The number of carbonyl (C=O) groups excluding carboxylic acids is 1. The Morgan fingerprint density at radius 3 is 2.12 bits per heavy atom. The van der Waals surface area contributed by atoms with Crippen molar-refractivity contribution in [3.05, 3.63) is 71.3 Å². The number of anilines is 1. The lowest BCUT2D eigenvalue weighted by Gasteiger charge is -2.24. The summed E-state index contributed by atoms with van der Waals surface area (Å²) in [5.41, 5.74) is 2.78. The number of hydrogen-bond donors (Lipinski definition) is 2. The van der Waals surface area contributed by atoms with E-state index in [0.717, 1.165) is 11.1 Å². The van der Waals surface area contributed by atoms with Crippen LogP contribution in [0.4, 0.5) is 5.69 Å². The Hall–Kier alpha value is -3.91. The van der Waals surface area contributed by atoms with Crippen LogP contribution in [-0.2, 0) is 4.79 Å². The smallest absolute Gasteiger partial charge is 0.231 e. The zero-order chi connectivity index (χ0) is 23.8. The van der Waals surface area contributed by atoms with E-state index in [9.17, 15) is 9.90 Å². The fourth-order valence-electron chi connectivity index (χ4n) is 4.78. The SMILES string of the molecule is COc1cc([C@@H]2c3cc4c(cc3[C@H](O)[C@H]2C(=O)Nc2ccccc2)OCO4)cc(OC)c1OC. The number of methoxy groups -OCH3 is 3. The summed E-state index contributed by atoms with van der Waals surface area (Å²) in [5.74, 6) is 0.861. The number of nitrogens with one attached hydrogen (secondary N) is 1. The molecule has 1 amide bonds. The average Bonchev–Trinajstić information content (AvgIpc) is 3.44. The number of benzene rings is 3. The normalized spacial score (nSPS) is 19.9. The molecular formula is C26H25NO7. The molecule has 0 bridgehead atoms. The number of fused-ring (bicyclic) bond motifs is 2. The van der Waals surface area contributed by atoms with Gasteiger partial charge < -0.3 is 34.1 Å². The van der Waals surface area contributed by atoms with E-state index in [-0.39, 0.29) is 12.7 Å². The molecule has 3 atom stereocenters. The molecule has 1 heterocycles. The molecule has 0 unspecified atom stereocenters. The molecule has 1 aliphatic heterocycles. The van der Waals surface area contributed by atoms with E-state index in [1.807, 2.05) is 24.3 Å². The van der Waals surface area contributed by atoms with Gasteiger partial charge in [0, 0.05) is 11.6 Å². The molecule has 0 fully saturated rings. The van der Waals surface area contributed by atoms with Gasteiger partial charge in [0.25, 0.3) is 0 Å². The van der Waals surface area contributed by atoms with E-state index in [2.05, 4.69) is 5.32 Å². The predicted octanol–water partition coefficient (Wildman–Crippen LogP) is 3.87. The third-order valence-corrected chi connectivity index (χ3v) is 6.32. The zero-order valence-corrected chi connectivity index (χ0v) is 19.0. The van der Waals surface area contributed by atoms with Crippen LogP contribution in [0.15, 0.2) is 54.6 Å². The van der Waals surface area contributed by atoms with Crippen LogP contribution in [0, 0.1) is 5.92 Å². The Kier molecular flexibility index (Phi) is 5.67. The van der Waals surface area contributed by atoms with Crippen LogP contribution in [0.25, 0.3) is 0 Å². The van der Waals surface area contributed by atoms with Crippen LogP contribution in [0.5, 0.6) is 28.7 Å². The summed E-state index contributed by atoms with van der Waals surface area (Å²) >= 11 is 0. The van der Waals surface area contributed by atoms with Gasteiger partial charge in [-0.05, 0) is 53.1 Å². The highest BCUT2D eigenvalue weighted by Gasteiger charge is 2.46. The first-order valence-corrected chi connectivity index (χ1v) is 10.8. The van der Waals surface area contributed by atoms with Crippen LogP contribution in [0.2, 0.25) is 0 Å². The highest BCUT2D eigenvalue weighted by atomic mass is 16.7. The van der Waals surface area contributed by atoms with Gasteiger partial charge in [-0.1, -0.05) is 18.2 Å². The van der Waals surface area contributed by atoms with Crippen molar-refractivity contribution in [2.24, 2.45) is 5.92 Å². The van der Waals surface area contributed by atoms with Crippen molar-refractivity contribution in [2.45, 2.75) is 12.0 Å². The standard InChI is InChI=1S/C26H25NO7/c1-30-20-9-14(10-21(31-2)25(20)32-3)22-16-11-18-19(34-13-33-18)12-17(16)24(28)23(22)26(29)27-15-7-5-4-6-8-15/h4-12,22-24,28H,13H2,1-3H3,(H,27,29)/t22-,23+,24+/m1/s1. The second-order valence-electron chi connectivity index (χ2n) is 8.10. The monoisotopic (exact) mass is 463 g/mol. The molecule has 8 nitrogen and oxygen atoms in total. The lowest BCUT2D eigenvalue weighted by molar-refractivity contribution is -0.123. The van der Waals surface area contributed by atoms with Crippen molar-refractivity contribution in [3.8, 4) is 28.7 Å². The molecule has 0 radical (unpaired) electrons. The number of carbonyl (C=O) groups is 1. The van der Waals surface area contributed by atoms with E-state index in [4.69, 9.17) is 23.7 Å². The maximum absolute atomic E-state index is 13.5. The molecule has 2 aliphatic rings. The first kappa shape index (κ1) is 21.9. The van der Waals surface area contributed by atoms with Crippen LogP contribution in [0.3, 0.4) is 0 Å². The van der Waals surface area contributed by atoms with E-state index in [0.29, 0.717) is 40.0 Å². The van der Waals surface area contributed by atoms with Gasteiger partial charge in [0.15, 0.2) is 23.0 Å². The largest absolute Gasteiger partial charge is 0.493 e. The van der Waals surface area contributed by atoms with Crippen LogP contribution in [-0.4, -0.2) is 39.1 Å². The van der Waals surface area contributed by atoms with Gasteiger partial charge in [0.2, 0.25) is 18.4 Å². The first-order chi connectivity index (χ1) is 16.5.